The third-order valence-corrected chi connectivity index (χ3v) is 13.2. The lowest BCUT2D eigenvalue weighted by Gasteiger charge is -2.49. The van der Waals surface area contributed by atoms with Gasteiger partial charge in [-0.1, -0.05) is 11.6 Å². The molecule has 17 nitrogen and oxygen atoms in total. The van der Waals surface area contributed by atoms with Gasteiger partial charge in [0.1, 0.15) is 11.1 Å². The highest BCUT2D eigenvalue weighted by atomic mass is 35.5. The molecule has 326 valence electrons. The molecule has 0 spiro atoms. The zero-order valence-electron chi connectivity index (χ0n) is 35.0. The van der Waals surface area contributed by atoms with E-state index in [4.69, 9.17) is 27.1 Å². The van der Waals surface area contributed by atoms with E-state index < -0.39 is 18.6 Å². The van der Waals surface area contributed by atoms with Crippen LogP contribution in [-0.2, 0) is 20.9 Å². The summed E-state index contributed by atoms with van der Waals surface area (Å²) in [5.41, 5.74) is 9.06. The van der Waals surface area contributed by atoms with Gasteiger partial charge in [0.25, 0.3) is 17.4 Å². The van der Waals surface area contributed by atoms with Crippen LogP contribution in [0, 0.1) is 5.92 Å². The highest BCUT2D eigenvalue weighted by molar-refractivity contribution is 6.33. The molecule has 7 heterocycles. The van der Waals surface area contributed by atoms with Crippen molar-refractivity contribution in [2.75, 3.05) is 80.6 Å². The number of primary amides is 1. The van der Waals surface area contributed by atoms with Gasteiger partial charge < -0.3 is 35.1 Å². The molecule has 9 rings (SSSR count). The minimum absolute atomic E-state index is 0.0505. The number of nitrogens with zero attached hydrogens (tertiary/aromatic N) is 8. The van der Waals surface area contributed by atoms with Gasteiger partial charge in [-0.15, -0.1) is 0 Å². The van der Waals surface area contributed by atoms with Crippen molar-refractivity contribution >= 4 is 69.3 Å². The number of anilines is 4. The van der Waals surface area contributed by atoms with Crippen molar-refractivity contribution in [1.82, 2.24) is 34.6 Å². The smallest absolute Gasteiger partial charge is 0.293 e. The Balaban J connectivity index is 0.739. The van der Waals surface area contributed by atoms with E-state index in [2.05, 4.69) is 41.3 Å². The topological polar surface area (TPSA) is 192 Å². The van der Waals surface area contributed by atoms with Crippen LogP contribution in [0.25, 0.3) is 10.9 Å². The second-order valence-corrected chi connectivity index (χ2v) is 17.8. The second kappa shape index (κ2) is 17.2. The molecule has 2 aromatic carbocycles. The van der Waals surface area contributed by atoms with E-state index in [0.717, 1.165) is 93.9 Å². The zero-order chi connectivity index (χ0) is 43.2. The van der Waals surface area contributed by atoms with Gasteiger partial charge in [-0.25, -0.2) is 4.98 Å². The van der Waals surface area contributed by atoms with E-state index in [-0.39, 0.29) is 41.5 Å². The number of nitrogens with one attached hydrogen (secondary N) is 2. The Morgan fingerprint density at radius 3 is 2.47 bits per heavy atom. The molecule has 5 aliphatic heterocycles. The average molecular weight is 866 g/mol. The number of amides is 4. The summed E-state index contributed by atoms with van der Waals surface area (Å²) < 4.78 is 7.10. The number of ether oxygens (including phenoxy) is 1. The van der Waals surface area contributed by atoms with Crippen LogP contribution in [-0.4, -0.2) is 130 Å². The van der Waals surface area contributed by atoms with E-state index in [1.54, 1.807) is 21.7 Å². The molecule has 4 amide bonds. The van der Waals surface area contributed by atoms with Crippen LogP contribution >= 0.6 is 11.6 Å². The molecular weight excluding hydrogens is 814 g/mol. The minimum atomic E-state index is -0.665. The number of hydrogen-bond acceptors (Lipinski definition) is 13. The summed E-state index contributed by atoms with van der Waals surface area (Å²) in [6.07, 6.45) is 4.33. The molecule has 5 aliphatic rings. The summed E-state index contributed by atoms with van der Waals surface area (Å²) in [7, 11) is 0. The Labute approximate surface area is 364 Å². The van der Waals surface area contributed by atoms with Crippen LogP contribution in [0.4, 0.5) is 23.1 Å². The number of imide groups is 1. The number of pyridine rings is 1. The summed E-state index contributed by atoms with van der Waals surface area (Å²) in [5, 5.41) is 6.83. The van der Waals surface area contributed by atoms with Crippen molar-refractivity contribution in [3.63, 3.8) is 0 Å². The molecule has 0 bridgehead atoms. The lowest BCUT2D eigenvalue weighted by molar-refractivity contribution is -0.137. The quantitative estimate of drug-likeness (QED) is 0.176. The Bertz CT molecular complexity index is 2480. The van der Waals surface area contributed by atoms with Crippen molar-refractivity contribution in [3.8, 4) is 5.75 Å². The van der Waals surface area contributed by atoms with Gasteiger partial charge in [-0.3, -0.25) is 39.1 Å². The average Bonchev–Trinajstić information content (AvgIpc) is 3.57. The Hall–Kier alpha value is -5.78. The first-order chi connectivity index (χ1) is 29.9. The van der Waals surface area contributed by atoms with Crippen molar-refractivity contribution in [2.45, 2.75) is 64.2 Å². The monoisotopic (exact) mass is 865 g/mol. The highest BCUT2D eigenvalue weighted by Crippen LogP contribution is 2.33. The number of piperidine rings is 2. The van der Waals surface area contributed by atoms with Gasteiger partial charge in [0.2, 0.25) is 17.8 Å². The second-order valence-electron chi connectivity index (χ2n) is 17.4. The lowest BCUT2D eigenvalue weighted by atomic mass is 9.94. The van der Waals surface area contributed by atoms with Gasteiger partial charge in [0.15, 0.2) is 18.2 Å². The number of benzene rings is 2. The summed E-state index contributed by atoms with van der Waals surface area (Å²) in [6, 6.07) is 13.1. The molecule has 0 radical (unpaired) electrons. The van der Waals surface area contributed by atoms with Crippen molar-refractivity contribution < 1.29 is 23.9 Å². The highest BCUT2D eigenvalue weighted by Gasteiger charge is 2.40. The van der Waals surface area contributed by atoms with Crippen molar-refractivity contribution in [3.05, 3.63) is 75.2 Å². The molecule has 1 atom stereocenters. The van der Waals surface area contributed by atoms with Gasteiger partial charge in [0.05, 0.1) is 11.7 Å². The molecule has 0 aliphatic carbocycles. The van der Waals surface area contributed by atoms with Crippen LogP contribution in [0.3, 0.4) is 0 Å². The fourth-order valence-corrected chi connectivity index (χ4v) is 9.74. The molecule has 62 heavy (non-hydrogen) atoms. The number of likely N-dealkylation sites (tertiary alicyclic amines) is 1. The number of hydrogen-bond donors (Lipinski definition) is 3. The number of fused-ring (bicyclic) bond motifs is 2. The minimum Gasteiger partial charge on any atom is -0.478 e. The van der Waals surface area contributed by atoms with Gasteiger partial charge in [-0.05, 0) is 87.1 Å². The summed E-state index contributed by atoms with van der Waals surface area (Å²) in [4.78, 5) is 82.6. The van der Waals surface area contributed by atoms with E-state index in [1.807, 2.05) is 44.2 Å². The number of carbonyl (C=O) groups is 4. The fourth-order valence-electron chi connectivity index (χ4n) is 9.60. The first-order valence-electron chi connectivity index (χ1n) is 21.5. The zero-order valence-corrected chi connectivity index (χ0v) is 35.8. The SMILES string of the molecule is CC(C)n1c(=O)c(OCC(N)=O)cc2cc(Nc3nc(N4CCC(CN5CC(N6CCN(c7ccc8c(c7)CN(C7CCC(=O)NC7=O)C8=O)CC6)C5)CC4)ncc3Cl)ccc21. The predicted octanol–water partition coefficient (Wildman–Crippen LogP) is 3.12. The number of carbonyl (C=O) groups excluding carboxylic acids is 4. The van der Waals surface area contributed by atoms with Crippen LogP contribution in [0.15, 0.2) is 53.5 Å². The number of aromatic nitrogens is 3. The van der Waals surface area contributed by atoms with E-state index in [0.29, 0.717) is 53.0 Å². The summed E-state index contributed by atoms with van der Waals surface area (Å²) >= 11 is 6.59. The van der Waals surface area contributed by atoms with Crippen molar-refractivity contribution in [2.24, 2.45) is 11.7 Å². The van der Waals surface area contributed by atoms with Crippen molar-refractivity contribution in [1.29, 1.82) is 0 Å². The maximum atomic E-state index is 13.2. The van der Waals surface area contributed by atoms with Crippen LogP contribution < -0.4 is 36.5 Å². The van der Waals surface area contributed by atoms with Gasteiger partial charge >= 0.3 is 0 Å². The van der Waals surface area contributed by atoms with Crippen LogP contribution in [0.5, 0.6) is 5.75 Å². The van der Waals surface area contributed by atoms with E-state index in [9.17, 15) is 24.0 Å². The maximum absolute atomic E-state index is 13.2. The Kier molecular flexibility index (Phi) is 11.5. The number of piperazine rings is 1. The van der Waals surface area contributed by atoms with E-state index in [1.165, 1.54) is 0 Å². The predicted molar refractivity (Wildman–Crippen MR) is 235 cm³/mol. The molecule has 1 unspecified atom stereocenters. The van der Waals surface area contributed by atoms with Crippen LogP contribution in [0.2, 0.25) is 5.02 Å². The molecule has 4 fully saturated rings. The number of rotatable bonds is 12. The largest absolute Gasteiger partial charge is 0.478 e. The first-order valence-corrected chi connectivity index (χ1v) is 21.9. The Morgan fingerprint density at radius 1 is 0.968 bits per heavy atom. The number of nitrogens with two attached hydrogens (primary N) is 1. The summed E-state index contributed by atoms with van der Waals surface area (Å²) in [5.74, 6) is 0.282. The Morgan fingerprint density at radius 2 is 1.74 bits per heavy atom. The lowest BCUT2D eigenvalue weighted by Crippen LogP contribution is -2.63. The number of halogens is 1. The molecule has 0 saturated carbocycles. The molecular formula is C44H52ClN11O6. The van der Waals surface area contributed by atoms with E-state index >= 15 is 0 Å². The third kappa shape index (κ3) is 8.40. The summed E-state index contributed by atoms with van der Waals surface area (Å²) in [6.45, 7) is 12.6. The normalized spacial score (nSPS) is 20.5. The molecule has 4 aromatic rings. The fraction of sp³-hybridized carbons (Fsp3) is 0.477. The first kappa shape index (κ1) is 41.6. The molecule has 2 aromatic heterocycles. The third-order valence-electron chi connectivity index (χ3n) is 12.9. The van der Waals surface area contributed by atoms with Crippen LogP contribution in [0.1, 0.15) is 61.5 Å². The van der Waals surface area contributed by atoms with Gasteiger partial charge in [0, 0.05) is 106 Å². The molecule has 4 saturated heterocycles. The van der Waals surface area contributed by atoms with Gasteiger partial charge in [-0.2, -0.15) is 4.98 Å². The maximum Gasteiger partial charge on any atom is 0.293 e. The molecule has 4 N–H and O–H groups in total. The molecule has 18 heteroatoms. The standard InChI is InChI=1S/C44H52ClN11O6/c1-26(2)56-35-6-3-30(17-28(35)19-37(43(56)61)62-25-38(46)57)48-40-34(45)20-47-44(50-40)54-11-9-27(10-12-54)21-51-23-32(24-51)53-15-13-52(14-16-53)31-4-5-33-29(18-31)22-55(42(33)60)36-7-8-39(58)49-41(36)59/h3-6,17-20,26-27,32,36H,7-16,21-25H2,1-2H3,(H2,46,57)(H,47,48,50)(H,49,58,59).